The van der Waals surface area contributed by atoms with Gasteiger partial charge in [0.1, 0.15) is 0 Å². The van der Waals surface area contributed by atoms with Crippen molar-refractivity contribution >= 4 is 0 Å². The van der Waals surface area contributed by atoms with Gasteiger partial charge in [0, 0.05) is 5.41 Å². The molecular formula is C28H25Na2+. The molecule has 0 fully saturated rings. The number of hydrogen-bond donors (Lipinski definition) is 0. The van der Waals surface area contributed by atoms with E-state index < -0.39 is 0 Å². The second-order valence-corrected chi connectivity index (χ2v) is 7.29. The van der Waals surface area contributed by atoms with E-state index in [0.717, 1.165) is 0 Å². The summed E-state index contributed by atoms with van der Waals surface area (Å²) in [7, 11) is 0. The molecule has 0 aliphatic rings. The van der Waals surface area contributed by atoms with Crippen LogP contribution in [0.4, 0.5) is 0 Å². The third kappa shape index (κ3) is 5.32. The zero-order chi connectivity index (χ0) is 19.2. The van der Waals surface area contributed by atoms with Gasteiger partial charge in [0.05, 0.1) is 0 Å². The molecule has 30 heavy (non-hydrogen) atoms. The second-order valence-electron chi connectivity index (χ2n) is 7.29. The summed E-state index contributed by atoms with van der Waals surface area (Å²) < 4.78 is 0. The van der Waals surface area contributed by atoms with Crippen LogP contribution < -0.4 is 59.1 Å². The summed E-state index contributed by atoms with van der Waals surface area (Å²) in [6, 6.07) is 43.3. The molecule has 2 heteroatoms. The van der Waals surface area contributed by atoms with Crippen LogP contribution in [0, 0.1) is 6.42 Å². The van der Waals surface area contributed by atoms with Gasteiger partial charge in [-0.25, -0.2) is 0 Å². The predicted octanol–water partition coefficient (Wildman–Crippen LogP) is 1.04. The molecule has 0 nitrogen and oxygen atoms in total. The van der Waals surface area contributed by atoms with Crippen LogP contribution in [0.3, 0.4) is 0 Å². The molecule has 0 radical (unpaired) electrons. The van der Waals surface area contributed by atoms with E-state index in [0.29, 0.717) is 0 Å². The average Bonchev–Trinajstić information content (AvgIpc) is 2.79. The fraction of sp³-hybridized carbons (Fsp3) is 0.107. The average molecular weight is 407 g/mol. The fourth-order valence-corrected chi connectivity index (χ4v) is 4.20. The Morgan fingerprint density at radius 3 is 1.33 bits per heavy atom. The maximum absolute atomic E-state index is 2.44. The van der Waals surface area contributed by atoms with Crippen LogP contribution in [0.1, 0.15) is 35.1 Å². The van der Waals surface area contributed by atoms with E-state index in [-0.39, 0.29) is 70.4 Å². The Kier molecular flexibility index (Phi) is 9.97. The molecule has 0 saturated carbocycles. The van der Waals surface area contributed by atoms with Crippen LogP contribution in [-0.4, -0.2) is 0 Å². The summed E-state index contributed by atoms with van der Waals surface area (Å²) >= 11 is 0. The van der Waals surface area contributed by atoms with Gasteiger partial charge in [-0.15, -0.1) is 12.1 Å². The van der Waals surface area contributed by atoms with E-state index in [1.165, 1.54) is 22.3 Å². The molecule has 0 aliphatic heterocycles. The molecule has 0 aliphatic carbocycles. The molecule has 0 saturated heterocycles. The minimum absolute atomic E-state index is 0. The van der Waals surface area contributed by atoms with E-state index in [4.69, 9.17) is 0 Å². The number of hydrogen-bond acceptors (Lipinski definition) is 0. The Labute approximate surface area is 225 Å². The third-order valence-corrected chi connectivity index (χ3v) is 5.68. The minimum atomic E-state index is -0.273. The third-order valence-electron chi connectivity index (χ3n) is 5.68. The summed E-state index contributed by atoms with van der Waals surface area (Å²) in [5, 5.41) is 0. The first-order valence-electron chi connectivity index (χ1n) is 9.87. The fourth-order valence-electron chi connectivity index (χ4n) is 4.20. The monoisotopic (exact) mass is 407 g/mol. The predicted molar refractivity (Wildman–Crippen MR) is 118 cm³/mol. The number of rotatable bonds is 6. The van der Waals surface area contributed by atoms with Gasteiger partial charge >= 0.3 is 59.1 Å². The van der Waals surface area contributed by atoms with Crippen molar-refractivity contribution in [2.75, 3.05) is 0 Å². The minimum Gasteiger partial charge on any atom is -0.191 e. The maximum atomic E-state index is 2.44. The van der Waals surface area contributed by atoms with Crippen molar-refractivity contribution < 1.29 is 59.1 Å². The first-order chi connectivity index (χ1) is 13.8. The van der Waals surface area contributed by atoms with Crippen LogP contribution >= 0.6 is 0 Å². The summed E-state index contributed by atoms with van der Waals surface area (Å²) in [4.78, 5) is 0. The van der Waals surface area contributed by atoms with Crippen molar-refractivity contribution in [2.24, 2.45) is 0 Å². The van der Waals surface area contributed by atoms with E-state index in [9.17, 15) is 0 Å². The molecule has 4 aromatic rings. The van der Waals surface area contributed by atoms with Gasteiger partial charge in [0.15, 0.2) is 0 Å². The Morgan fingerprint density at radius 2 is 0.900 bits per heavy atom. The van der Waals surface area contributed by atoms with E-state index in [2.05, 4.69) is 135 Å². The normalized spacial score (nSPS) is 11.5. The summed E-state index contributed by atoms with van der Waals surface area (Å²) in [5.41, 5.74) is 4.91. The maximum Gasteiger partial charge on any atom is 1.00 e. The van der Waals surface area contributed by atoms with Crippen LogP contribution in [0.15, 0.2) is 121 Å². The standard InChI is InChI=1S/C28H25.2Na/c1-23(25-16-8-3-9-17-25)28(26-18-10-4-11-19-26,27-20-12-5-13-21-27)22-24-14-6-2-7-15-24;;/h2-23H,1H3;;/q-1;2*+1. The van der Waals surface area contributed by atoms with Crippen LogP contribution in [0.5, 0.6) is 0 Å². The van der Waals surface area contributed by atoms with E-state index in [1.54, 1.807) is 0 Å². The van der Waals surface area contributed by atoms with Gasteiger partial charge < -0.3 is 0 Å². The van der Waals surface area contributed by atoms with Gasteiger partial charge in [-0.05, 0) is 22.6 Å². The first kappa shape index (κ1) is 25.0. The zero-order valence-corrected chi connectivity index (χ0v) is 22.2. The summed E-state index contributed by atoms with van der Waals surface area (Å²) in [5.74, 6) is 0.263. The Morgan fingerprint density at radius 1 is 0.533 bits per heavy atom. The SMILES string of the molecule is CC(c1ccccc1)C([CH-]c1ccccc1)(c1ccccc1)c1ccccc1.[Na+].[Na+]. The molecule has 0 spiro atoms. The summed E-state index contributed by atoms with van der Waals surface area (Å²) in [6.45, 7) is 2.34. The molecule has 4 aromatic carbocycles. The molecule has 0 aromatic heterocycles. The second kappa shape index (κ2) is 12.0. The largest absolute Gasteiger partial charge is 1.00 e. The molecule has 0 heterocycles. The zero-order valence-electron chi connectivity index (χ0n) is 18.2. The Hall–Kier alpha value is -1.25. The van der Waals surface area contributed by atoms with Crippen molar-refractivity contribution in [3.05, 3.63) is 150 Å². The van der Waals surface area contributed by atoms with E-state index >= 15 is 0 Å². The molecule has 138 valence electrons. The smallest absolute Gasteiger partial charge is 0.191 e. The molecule has 0 N–H and O–H groups in total. The first-order valence-corrected chi connectivity index (χ1v) is 9.87. The van der Waals surface area contributed by atoms with Gasteiger partial charge in [-0.2, -0.15) is 24.1 Å². The van der Waals surface area contributed by atoms with Crippen LogP contribution in [0.25, 0.3) is 0 Å². The topological polar surface area (TPSA) is 0 Å². The van der Waals surface area contributed by atoms with Crippen molar-refractivity contribution in [3.8, 4) is 0 Å². The quantitative estimate of drug-likeness (QED) is 0.331. The van der Waals surface area contributed by atoms with Crippen LogP contribution in [-0.2, 0) is 5.41 Å². The van der Waals surface area contributed by atoms with Crippen molar-refractivity contribution in [2.45, 2.75) is 18.3 Å². The van der Waals surface area contributed by atoms with Gasteiger partial charge in [-0.3, -0.25) is 0 Å². The molecular weight excluding hydrogens is 382 g/mol. The molecule has 1 atom stereocenters. The van der Waals surface area contributed by atoms with Gasteiger partial charge in [-0.1, -0.05) is 104 Å². The number of benzene rings is 4. The van der Waals surface area contributed by atoms with Gasteiger partial charge in [0.2, 0.25) is 0 Å². The van der Waals surface area contributed by atoms with Crippen molar-refractivity contribution in [3.63, 3.8) is 0 Å². The Bertz CT molecular complexity index is 944. The Balaban J connectivity index is 0.00000160. The van der Waals surface area contributed by atoms with Crippen LogP contribution in [0.2, 0.25) is 0 Å². The summed E-state index contributed by atoms with van der Waals surface area (Å²) in [6.07, 6.45) is 2.44. The molecule has 4 rings (SSSR count). The van der Waals surface area contributed by atoms with Crippen molar-refractivity contribution in [1.82, 2.24) is 0 Å². The molecule has 0 bridgehead atoms. The molecule has 0 amide bonds. The van der Waals surface area contributed by atoms with Crippen molar-refractivity contribution in [1.29, 1.82) is 0 Å². The molecule has 1 unspecified atom stereocenters. The van der Waals surface area contributed by atoms with Gasteiger partial charge in [0.25, 0.3) is 0 Å². The van der Waals surface area contributed by atoms with E-state index in [1.807, 2.05) is 0 Å².